The summed E-state index contributed by atoms with van der Waals surface area (Å²) in [6.45, 7) is 24.9. The molecule has 0 heterocycles. The Morgan fingerprint density at radius 2 is 0.739 bits per heavy atom. The molecule has 23 heavy (non-hydrogen) atoms. The monoisotopic (exact) mass is 401 g/mol. The van der Waals surface area contributed by atoms with Crippen LogP contribution in [-0.4, -0.2) is 18.5 Å². The van der Waals surface area contributed by atoms with Gasteiger partial charge < -0.3 is 12.4 Å². The zero-order valence-corrected chi connectivity index (χ0v) is 17.2. The zero-order chi connectivity index (χ0) is 17.9. The minimum Gasteiger partial charge on any atom is -1.00 e. The van der Waals surface area contributed by atoms with Crippen LogP contribution in [0.2, 0.25) is 0 Å². The fourth-order valence-corrected chi connectivity index (χ4v) is 4.44. The van der Waals surface area contributed by atoms with Crippen LogP contribution in [0.25, 0.3) is 0 Å². The van der Waals surface area contributed by atoms with E-state index in [2.05, 4.69) is 47.4 Å². The summed E-state index contributed by atoms with van der Waals surface area (Å²) < 4.78 is 30.0. The first kappa shape index (κ1) is 43.6. The molecule has 0 bridgehead atoms. The maximum absolute atomic E-state index is 7.50. The molecular formula is C16H27ClCrO4P-. The summed E-state index contributed by atoms with van der Waals surface area (Å²) in [5.41, 5.74) is 0. The maximum Gasteiger partial charge on any atom is 0 e. The molecule has 0 aliphatic carbocycles. The molecule has 0 radical (unpaired) electrons. The van der Waals surface area contributed by atoms with Crippen LogP contribution in [0, 0.1) is 26.6 Å². The van der Waals surface area contributed by atoms with Crippen molar-refractivity contribution in [1.82, 2.24) is 0 Å². The summed E-state index contributed by atoms with van der Waals surface area (Å²) in [5, 5.41) is 0. The molecule has 134 valence electrons. The van der Waals surface area contributed by atoms with Gasteiger partial charge in [0.2, 0.25) is 0 Å². The van der Waals surface area contributed by atoms with Gasteiger partial charge in [-0.1, -0.05) is 40.0 Å². The van der Waals surface area contributed by atoms with Crippen LogP contribution in [-0.2, 0) is 36.0 Å². The smallest absolute Gasteiger partial charge is 0 e. The average Bonchev–Trinajstić information content (AvgIpc) is 2.61. The Kier molecular flexibility index (Phi) is 127. The third kappa shape index (κ3) is 60.8. The van der Waals surface area contributed by atoms with Crippen LogP contribution in [0.15, 0.2) is 0 Å². The van der Waals surface area contributed by atoms with Crippen LogP contribution in [0.5, 0.6) is 0 Å². The van der Waals surface area contributed by atoms with E-state index < -0.39 is 0 Å². The second-order valence-electron chi connectivity index (χ2n) is 3.90. The molecule has 0 rings (SSSR count). The average molecular weight is 402 g/mol. The van der Waals surface area contributed by atoms with Gasteiger partial charge in [0.15, 0.2) is 0 Å². The van der Waals surface area contributed by atoms with Gasteiger partial charge in [-0.2, -0.15) is 0 Å². The van der Waals surface area contributed by atoms with E-state index in [-0.39, 0.29) is 29.8 Å². The van der Waals surface area contributed by atoms with E-state index in [4.69, 9.17) is 18.6 Å². The van der Waals surface area contributed by atoms with Crippen LogP contribution >= 0.6 is 7.92 Å². The van der Waals surface area contributed by atoms with Gasteiger partial charge in [-0.15, -0.1) is 7.92 Å². The molecule has 0 aromatic rings. The fourth-order valence-electron chi connectivity index (χ4n) is 1.48. The Balaban J connectivity index is -0.0000000445. The van der Waals surface area contributed by atoms with Crippen molar-refractivity contribution in [2.24, 2.45) is 0 Å². The third-order valence-corrected chi connectivity index (χ3v) is 5.33. The quantitative estimate of drug-likeness (QED) is 0.320. The van der Waals surface area contributed by atoms with Crippen LogP contribution in [0.3, 0.4) is 0 Å². The minimum atomic E-state index is 0. The van der Waals surface area contributed by atoms with Gasteiger partial charge in [0.25, 0.3) is 0 Å². The van der Waals surface area contributed by atoms with E-state index >= 15 is 0 Å². The summed E-state index contributed by atoms with van der Waals surface area (Å²) in [6.07, 6.45) is 13.2. The van der Waals surface area contributed by atoms with Gasteiger partial charge in [-0.25, -0.2) is 0 Å². The van der Waals surface area contributed by atoms with Crippen molar-refractivity contribution >= 4 is 7.92 Å². The van der Waals surface area contributed by atoms with Crippen LogP contribution in [0.4, 0.5) is 0 Å². The standard InChI is InChI=1S/C12H27P.4CO.ClH.Cr/c1-4-7-10-13(11-8-5-2)12-9-6-3;4*1-2;;/h4-12H2,1-3H3;;;;;1H;/p-1. The predicted octanol–water partition coefficient (Wildman–Crippen LogP) is 1.72. The van der Waals surface area contributed by atoms with Gasteiger partial charge in [0.05, 0.1) is 0 Å². The van der Waals surface area contributed by atoms with Crippen molar-refractivity contribution in [3.63, 3.8) is 0 Å². The van der Waals surface area contributed by atoms with Crippen molar-refractivity contribution in [3.8, 4) is 0 Å². The van der Waals surface area contributed by atoms with Crippen molar-refractivity contribution in [2.75, 3.05) is 18.5 Å². The normalized spacial score (nSPS) is 6.61. The molecule has 7 heteroatoms. The first-order valence-electron chi connectivity index (χ1n) is 6.89. The molecule has 0 aromatic carbocycles. The van der Waals surface area contributed by atoms with E-state index in [9.17, 15) is 0 Å². The SMILES string of the molecule is CCCCP(CCCC)CCCC.[C-]#[O+].[C-]#[O+].[C-]#[O+].[C-]#[O+].[Cl-].[Cr]. The van der Waals surface area contributed by atoms with E-state index in [0.717, 1.165) is 0 Å². The van der Waals surface area contributed by atoms with E-state index in [1.165, 1.54) is 38.5 Å². The molecule has 0 atom stereocenters. The number of unbranched alkanes of at least 4 members (excludes halogenated alkanes) is 3. The largest absolute Gasteiger partial charge is 1.00 e. The zero-order valence-electron chi connectivity index (χ0n) is 14.2. The van der Waals surface area contributed by atoms with Crippen molar-refractivity contribution in [1.29, 1.82) is 0 Å². The Bertz CT molecular complexity index is 190. The van der Waals surface area contributed by atoms with E-state index in [0.29, 0.717) is 7.92 Å². The first-order chi connectivity index (χ1) is 10.3. The van der Waals surface area contributed by atoms with Gasteiger partial charge in [0.1, 0.15) is 0 Å². The Hall–Kier alpha value is 0.212. The summed E-state index contributed by atoms with van der Waals surface area (Å²) in [6, 6.07) is 0. The topological polar surface area (TPSA) is 79.6 Å². The van der Waals surface area contributed by atoms with Gasteiger partial charge >= 0.3 is 45.2 Å². The molecule has 0 N–H and O–H groups in total. The van der Waals surface area contributed by atoms with Crippen LogP contribution < -0.4 is 12.4 Å². The molecular weight excluding hydrogens is 375 g/mol. The summed E-state index contributed by atoms with van der Waals surface area (Å²) >= 11 is 0. The van der Waals surface area contributed by atoms with E-state index in [1.807, 2.05) is 0 Å². The molecule has 0 spiro atoms. The molecule has 4 nitrogen and oxygen atoms in total. The van der Waals surface area contributed by atoms with Gasteiger partial charge in [-0.3, -0.25) is 0 Å². The fraction of sp³-hybridized carbons (Fsp3) is 0.750. The Morgan fingerprint density at radius 1 is 0.565 bits per heavy atom. The van der Waals surface area contributed by atoms with Gasteiger partial charge in [-0.05, 0) is 37.7 Å². The Morgan fingerprint density at radius 3 is 0.870 bits per heavy atom. The van der Waals surface area contributed by atoms with Gasteiger partial charge in [0, 0.05) is 17.4 Å². The number of rotatable bonds is 9. The minimum absolute atomic E-state index is 0. The molecule has 0 aromatic heterocycles. The number of halogens is 1. The van der Waals surface area contributed by atoms with Crippen molar-refractivity contribution in [2.45, 2.75) is 59.3 Å². The summed E-state index contributed by atoms with van der Waals surface area (Å²) in [7, 11) is 0.422. The second kappa shape index (κ2) is 67.0. The number of hydrogen-bond donors (Lipinski definition) is 0. The molecule has 0 aliphatic rings. The van der Waals surface area contributed by atoms with E-state index in [1.54, 1.807) is 18.5 Å². The molecule has 0 aliphatic heterocycles. The Labute approximate surface area is 160 Å². The summed E-state index contributed by atoms with van der Waals surface area (Å²) in [5.74, 6) is 0. The van der Waals surface area contributed by atoms with Crippen molar-refractivity contribution < 1.29 is 48.4 Å². The molecule has 0 saturated carbocycles. The maximum atomic E-state index is 7.50. The predicted molar refractivity (Wildman–Crippen MR) is 82.0 cm³/mol. The summed E-state index contributed by atoms with van der Waals surface area (Å²) in [4.78, 5) is 0. The van der Waals surface area contributed by atoms with Crippen LogP contribution in [0.1, 0.15) is 59.3 Å². The molecule has 0 unspecified atom stereocenters. The molecule has 0 fully saturated rings. The third-order valence-electron chi connectivity index (χ3n) is 2.48. The molecule has 0 saturated heterocycles. The molecule has 0 amide bonds. The first-order valence-corrected chi connectivity index (χ1v) is 8.78. The van der Waals surface area contributed by atoms with Crippen molar-refractivity contribution in [3.05, 3.63) is 26.6 Å². The number of hydrogen-bond acceptors (Lipinski definition) is 0. The second-order valence-corrected chi connectivity index (χ2v) is 6.59.